The molecule has 2 heteroatoms. The van der Waals surface area contributed by atoms with Crippen LogP contribution < -0.4 is 5.56 Å². The van der Waals surface area contributed by atoms with Crippen LogP contribution in [-0.4, -0.2) is 4.57 Å². The molecule has 0 amide bonds. The highest BCUT2D eigenvalue weighted by molar-refractivity contribution is 5.09. The lowest BCUT2D eigenvalue weighted by Crippen LogP contribution is -2.14. The zero-order valence-electron chi connectivity index (χ0n) is 6.29. The Kier molecular flexibility index (Phi) is 1.90. The maximum Gasteiger partial charge on any atom is 0.250 e. The van der Waals surface area contributed by atoms with Gasteiger partial charge in [0, 0.05) is 19.3 Å². The first-order valence-corrected chi connectivity index (χ1v) is 3.39. The van der Waals surface area contributed by atoms with E-state index in [2.05, 4.69) is 0 Å². The third-order valence-electron chi connectivity index (χ3n) is 1.58. The summed E-state index contributed by atoms with van der Waals surface area (Å²) in [7, 11) is 1.75. The number of hydrogen-bond acceptors (Lipinski definition) is 1. The van der Waals surface area contributed by atoms with Crippen molar-refractivity contribution in [3.8, 4) is 0 Å². The fourth-order valence-corrected chi connectivity index (χ4v) is 0.809. The van der Waals surface area contributed by atoms with Crippen LogP contribution in [-0.2, 0) is 13.5 Å². The monoisotopic (exact) mass is 137 g/mol. The zero-order valence-corrected chi connectivity index (χ0v) is 6.29. The van der Waals surface area contributed by atoms with Crippen molar-refractivity contribution in [3.05, 3.63) is 34.2 Å². The van der Waals surface area contributed by atoms with Crippen LogP contribution in [0.25, 0.3) is 0 Å². The van der Waals surface area contributed by atoms with Crippen molar-refractivity contribution in [2.45, 2.75) is 13.3 Å². The third-order valence-corrected chi connectivity index (χ3v) is 1.58. The van der Waals surface area contributed by atoms with E-state index in [1.165, 1.54) is 0 Å². The van der Waals surface area contributed by atoms with Crippen LogP contribution >= 0.6 is 0 Å². The Bertz CT molecular complexity index is 275. The van der Waals surface area contributed by atoms with Crippen LogP contribution in [0.3, 0.4) is 0 Å². The van der Waals surface area contributed by atoms with E-state index in [4.69, 9.17) is 0 Å². The Labute approximate surface area is 60.1 Å². The molecule has 0 unspecified atom stereocenters. The molecule has 0 N–H and O–H groups in total. The van der Waals surface area contributed by atoms with Gasteiger partial charge in [-0.25, -0.2) is 0 Å². The van der Waals surface area contributed by atoms with Crippen LogP contribution in [0.1, 0.15) is 12.5 Å². The molecule has 10 heavy (non-hydrogen) atoms. The summed E-state index contributed by atoms with van der Waals surface area (Å²) in [4.78, 5) is 11.0. The van der Waals surface area contributed by atoms with Gasteiger partial charge < -0.3 is 4.57 Å². The first-order chi connectivity index (χ1) is 4.74. The van der Waals surface area contributed by atoms with Crippen LogP contribution in [0.2, 0.25) is 0 Å². The van der Waals surface area contributed by atoms with E-state index >= 15 is 0 Å². The van der Waals surface area contributed by atoms with Gasteiger partial charge in [-0.05, 0) is 18.1 Å². The number of hydrogen-bond donors (Lipinski definition) is 0. The van der Waals surface area contributed by atoms with Gasteiger partial charge >= 0.3 is 0 Å². The van der Waals surface area contributed by atoms with Crippen LogP contribution in [0.15, 0.2) is 23.1 Å². The average Bonchev–Trinajstić information content (AvgIpc) is 1.95. The normalized spacial score (nSPS) is 9.80. The summed E-state index contributed by atoms with van der Waals surface area (Å²) in [5.41, 5.74) is 1.17. The molecule has 1 heterocycles. The van der Waals surface area contributed by atoms with Gasteiger partial charge in [-0.2, -0.15) is 0 Å². The summed E-state index contributed by atoms with van der Waals surface area (Å²) in [5, 5.41) is 0. The molecule has 2 nitrogen and oxygen atoms in total. The van der Waals surface area contributed by atoms with Crippen molar-refractivity contribution in [2.75, 3.05) is 0 Å². The predicted molar refractivity (Wildman–Crippen MR) is 41.1 cm³/mol. The number of aryl methyl sites for hydroxylation is 2. The summed E-state index contributed by atoms with van der Waals surface area (Å²) in [6, 6.07) is 3.63. The molecule has 0 radical (unpaired) electrons. The second-order valence-electron chi connectivity index (χ2n) is 2.34. The van der Waals surface area contributed by atoms with Crippen molar-refractivity contribution in [1.29, 1.82) is 0 Å². The second kappa shape index (κ2) is 2.69. The van der Waals surface area contributed by atoms with E-state index in [0.717, 1.165) is 12.0 Å². The summed E-state index contributed by atoms with van der Waals surface area (Å²) >= 11 is 0. The lowest BCUT2D eigenvalue weighted by Gasteiger charge is -1.97. The third kappa shape index (κ3) is 1.26. The number of nitrogens with zero attached hydrogens (tertiary/aromatic N) is 1. The number of aromatic nitrogens is 1. The zero-order chi connectivity index (χ0) is 7.56. The topological polar surface area (TPSA) is 22.0 Å². The lowest BCUT2D eigenvalue weighted by molar-refractivity contribution is 0.850. The first-order valence-electron chi connectivity index (χ1n) is 3.39. The molecule has 1 rings (SSSR count). The summed E-state index contributed by atoms with van der Waals surface area (Å²) < 4.78 is 1.57. The van der Waals surface area contributed by atoms with E-state index in [-0.39, 0.29) is 5.56 Å². The van der Waals surface area contributed by atoms with Gasteiger partial charge in [0.15, 0.2) is 0 Å². The highest BCUT2D eigenvalue weighted by atomic mass is 16.1. The minimum atomic E-state index is 0.0688. The van der Waals surface area contributed by atoms with Gasteiger partial charge in [0.1, 0.15) is 0 Å². The fraction of sp³-hybridized carbons (Fsp3) is 0.375. The largest absolute Gasteiger partial charge is 0.319 e. The molecule has 0 aliphatic heterocycles. The van der Waals surface area contributed by atoms with E-state index in [9.17, 15) is 4.79 Å². The summed E-state index contributed by atoms with van der Waals surface area (Å²) in [6.45, 7) is 2.04. The van der Waals surface area contributed by atoms with Crippen molar-refractivity contribution >= 4 is 0 Å². The average molecular weight is 137 g/mol. The van der Waals surface area contributed by atoms with Gasteiger partial charge in [-0.3, -0.25) is 4.79 Å². The fourth-order valence-electron chi connectivity index (χ4n) is 0.809. The molecule has 0 aromatic carbocycles. The molecule has 0 fully saturated rings. The van der Waals surface area contributed by atoms with Crippen LogP contribution in [0.4, 0.5) is 0 Å². The van der Waals surface area contributed by atoms with Crippen molar-refractivity contribution in [2.24, 2.45) is 7.05 Å². The Morgan fingerprint density at radius 1 is 1.60 bits per heavy atom. The standard InChI is InChI=1S/C8H11NO/c1-3-7-4-5-9(2)8(10)6-7/h4-6H,3H2,1-2H3. The van der Waals surface area contributed by atoms with Crippen LogP contribution in [0, 0.1) is 0 Å². The van der Waals surface area contributed by atoms with E-state index in [1.54, 1.807) is 23.9 Å². The van der Waals surface area contributed by atoms with Gasteiger partial charge in [0.05, 0.1) is 0 Å². The van der Waals surface area contributed by atoms with E-state index in [0.29, 0.717) is 0 Å². The molecule has 0 aliphatic carbocycles. The Balaban J connectivity index is 3.17. The molecule has 0 bridgehead atoms. The Hall–Kier alpha value is -1.05. The van der Waals surface area contributed by atoms with E-state index < -0.39 is 0 Å². The molecule has 54 valence electrons. The first kappa shape index (κ1) is 7.06. The van der Waals surface area contributed by atoms with Gasteiger partial charge in [-0.15, -0.1) is 0 Å². The predicted octanol–water partition coefficient (Wildman–Crippen LogP) is 0.948. The maximum atomic E-state index is 11.0. The summed E-state index contributed by atoms with van der Waals surface area (Å²) in [6.07, 6.45) is 2.72. The second-order valence-corrected chi connectivity index (χ2v) is 2.34. The molecule has 1 aromatic heterocycles. The molecule has 0 saturated carbocycles. The molecule has 0 atom stereocenters. The minimum Gasteiger partial charge on any atom is -0.319 e. The molecular formula is C8H11NO. The number of rotatable bonds is 1. The summed E-state index contributed by atoms with van der Waals surface area (Å²) in [5.74, 6) is 0. The Morgan fingerprint density at radius 3 is 2.80 bits per heavy atom. The molecule has 1 aromatic rings. The van der Waals surface area contributed by atoms with Gasteiger partial charge in [-0.1, -0.05) is 6.92 Å². The minimum absolute atomic E-state index is 0.0688. The van der Waals surface area contributed by atoms with Crippen molar-refractivity contribution in [1.82, 2.24) is 4.57 Å². The SMILES string of the molecule is CCc1ccn(C)c(=O)c1. The van der Waals surface area contributed by atoms with Gasteiger partial charge in [0.2, 0.25) is 0 Å². The highest BCUT2D eigenvalue weighted by Crippen LogP contribution is 1.92. The van der Waals surface area contributed by atoms with Crippen molar-refractivity contribution in [3.63, 3.8) is 0 Å². The number of pyridine rings is 1. The maximum absolute atomic E-state index is 11.0. The molecule has 0 spiro atoms. The molecular weight excluding hydrogens is 126 g/mol. The van der Waals surface area contributed by atoms with Crippen LogP contribution in [0.5, 0.6) is 0 Å². The quantitative estimate of drug-likeness (QED) is 0.564. The lowest BCUT2D eigenvalue weighted by atomic mass is 10.2. The smallest absolute Gasteiger partial charge is 0.250 e. The molecule has 0 aliphatic rings. The van der Waals surface area contributed by atoms with Crippen molar-refractivity contribution < 1.29 is 0 Å². The van der Waals surface area contributed by atoms with E-state index in [1.807, 2.05) is 13.0 Å². The molecule has 0 saturated heterocycles. The highest BCUT2D eigenvalue weighted by Gasteiger charge is 1.90. The van der Waals surface area contributed by atoms with Gasteiger partial charge in [0.25, 0.3) is 5.56 Å². The Morgan fingerprint density at radius 2 is 2.30 bits per heavy atom.